The standard InChI is InChI=1S/C15H18N6O2/c1-2-23-15-13(18-6-7-19-15)21-8-3-11(10-21)20-14(22)12-9-16-4-5-17-12/h4-7,9,11H,2-3,8,10H2,1H3,(H,20,22). The van der Waals surface area contributed by atoms with E-state index >= 15 is 0 Å². The van der Waals surface area contributed by atoms with E-state index in [-0.39, 0.29) is 11.9 Å². The van der Waals surface area contributed by atoms with Gasteiger partial charge in [-0.3, -0.25) is 9.78 Å². The number of anilines is 1. The van der Waals surface area contributed by atoms with E-state index in [1.165, 1.54) is 18.6 Å². The maximum atomic E-state index is 12.1. The molecule has 0 aromatic carbocycles. The fourth-order valence-corrected chi connectivity index (χ4v) is 2.52. The fraction of sp³-hybridized carbons (Fsp3) is 0.400. The van der Waals surface area contributed by atoms with Crippen molar-refractivity contribution < 1.29 is 9.53 Å². The SMILES string of the molecule is CCOc1nccnc1N1CCC(NC(=O)c2cnccn2)C1. The molecule has 0 bridgehead atoms. The number of nitrogens with zero attached hydrogens (tertiary/aromatic N) is 5. The summed E-state index contributed by atoms with van der Waals surface area (Å²) in [5.41, 5.74) is 0.320. The molecule has 0 saturated carbocycles. The van der Waals surface area contributed by atoms with E-state index in [1.54, 1.807) is 12.4 Å². The first-order valence-electron chi connectivity index (χ1n) is 7.53. The normalized spacial score (nSPS) is 17.1. The smallest absolute Gasteiger partial charge is 0.271 e. The summed E-state index contributed by atoms with van der Waals surface area (Å²) in [7, 11) is 0. The molecule has 23 heavy (non-hydrogen) atoms. The Bertz CT molecular complexity index is 666. The van der Waals surface area contributed by atoms with Gasteiger partial charge in [-0.05, 0) is 13.3 Å². The van der Waals surface area contributed by atoms with Gasteiger partial charge >= 0.3 is 0 Å². The minimum atomic E-state index is -0.214. The Morgan fingerprint density at radius 1 is 1.30 bits per heavy atom. The van der Waals surface area contributed by atoms with E-state index in [0.717, 1.165) is 13.0 Å². The molecule has 1 unspecified atom stereocenters. The van der Waals surface area contributed by atoms with Crippen LogP contribution in [0.1, 0.15) is 23.8 Å². The number of carbonyl (C=O) groups is 1. The summed E-state index contributed by atoms with van der Waals surface area (Å²) in [5.74, 6) is 1.02. The van der Waals surface area contributed by atoms with Crippen molar-refractivity contribution in [1.82, 2.24) is 25.3 Å². The van der Waals surface area contributed by atoms with Gasteiger partial charge in [-0.2, -0.15) is 0 Å². The van der Waals surface area contributed by atoms with Crippen molar-refractivity contribution >= 4 is 11.7 Å². The third kappa shape index (κ3) is 3.53. The van der Waals surface area contributed by atoms with Crippen LogP contribution < -0.4 is 15.0 Å². The molecule has 1 aliphatic heterocycles. The van der Waals surface area contributed by atoms with Gasteiger partial charge in [0.25, 0.3) is 11.8 Å². The topological polar surface area (TPSA) is 93.1 Å². The van der Waals surface area contributed by atoms with Crippen LogP contribution in [0.5, 0.6) is 5.88 Å². The van der Waals surface area contributed by atoms with Crippen molar-refractivity contribution in [3.8, 4) is 5.88 Å². The van der Waals surface area contributed by atoms with Crippen LogP contribution in [0.15, 0.2) is 31.0 Å². The van der Waals surface area contributed by atoms with Gasteiger partial charge in [0.05, 0.1) is 12.8 Å². The molecule has 1 saturated heterocycles. The van der Waals surface area contributed by atoms with Crippen molar-refractivity contribution in [3.63, 3.8) is 0 Å². The van der Waals surface area contributed by atoms with E-state index in [0.29, 0.717) is 30.5 Å². The molecule has 1 atom stereocenters. The average molecular weight is 314 g/mol. The summed E-state index contributed by atoms with van der Waals surface area (Å²) in [4.78, 5) is 30.7. The highest BCUT2D eigenvalue weighted by molar-refractivity contribution is 5.92. The summed E-state index contributed by atoms with van der Waals surface area (Å²) < 4.78 is 5.51. The summed E-state index contributed by atoms with van der Waals surface area (Å²) in [5, 5.41) is 2.97. The monoisotopic (exact) mass is 314 g/mol. The minimum Gasteiger partial charge on any atom is -0.475 e. The molecule has 1 amide bonds. The highest BCUT2D eigenvalue weighted by Crippen LogP contribution is 2.26. The van der Waals surface area contributed by atoms with Crippen LogP contribution in [-0.2, 0) is 0 Å². The number of amides is 1. The highest BCUT2D eigenvalue weighted by atomic mass is 16.5. The lowest BCUT2D eigenvalue weighted by Gasteiger charge is -2.19. The highest BCUT2D eigenvalue weighted by Gasteiger charge is 2.27. The molecule has 3 rings (SSSR count). The Kier molecular flexibility index (Phi) is 4.60. The van der Waals surface area contributed by atoms with Crippen molar-refractivity contribution in [3.05, 3.63) is 36.7 Å². The zero-order chi connectivity index (χ0) is 16.1. The molecular weight excluding hydrogens is 296 g/mol. The third-order valence-electron chi connectivity index (χ3n) is 3.55. The molecular formula is C15H18N6O2. The zero-order valence-corrected chi connectivity index (χ0v) is 12.8. The Labute approximate surface area is 134 Å². The van der Waals surface area contributed by atoms with Crippen LogP contribution >= 0.6 is 0 Å². The predicted molar refractivity (Wildman–Crippen MR) is 83.3 cm³/mol. The number of nitrogens with one attached hydrogen (secondary N) is 1. The fourth-order valence-electron chi connectivity index (χ4n) is 2.52. The van der Waals surface area contributed by atoms with Gasteiger partial charge in [0.1, 0.15) is 5.69 Å². The molecule has 3 heterocycles. The average Bonchev–Trinajstić information content (AvgIpc) is 3.05. The molecule has 8 nitrogen and oxygen atoms in total. The van der Waals surface area contributed by atoms with Gasteiger partial charge in [-0.25, -0.2) is 15.0 Å². The van der Waals surface area contributed by atoms with Crippen LogP contribution in [0, 0.1) is 0 Å². The van der Waals surface area contributed by atoms with Gasteiger partial charge in [0, 0.05) is 43.9 Å². The number of aromatic nitrogens is 4. The van der Waals surface area contributed by atoms with E-state index in [1.807, 2.05) is 6.92 Å². The minimum absolute atomic E-state index is 0.0287. The van der Waals surface area contributed by atoms with Crippen LogP contribution in [-0.4, -0.2) is 51.6 Å². The van der Waals surface area contributed by atoms with Gasteiger partial charge < -0.3 is 15.0 Å². The summed E-state index contributed by atoms with van der Waals surface area (Å²) in [6, 6.07) is 0.0287. The van der Waals surface area contributed by atoms with Crippen LogP contribution in [0.25, 0.3) is 0 Å². The van der Waals surface area contributed by atoms with Crippen LogP contribution in [0.2, 0.25) is 0 Å². The summed E-state index contributed by atoms with van der Waals surface area (Å²) >= 11 is 0. The van der Waals surface area contributed by atoms with E-state index in [9.17, 15) is 4.79 Å². The van der Waals surface area contributed by atoms with Crippen molar-refractivity contribution in [2.75, 3.05) is 24.6 Å². The van der Waals surface area contributed by atoms with E-state index < -0.39 is 0 Å². The number of hydrogen-bond donors (Lipinski definition) is 1. The molecule has 0 spiro atoms. The Morgan fingerprint density at radius 2 is 2.13 bits per heavy atom. The second-order valence-corrected chi connectivity index (χ2v) is 5.11. The Morgan fingerprint density at radius 3 is 2.91 bits per heavy atom. The predicted octanol–water partition coefficient (Wildman–Crippen LogP) is 0.674. The first-order chi connectivity index (χ1) is 11.3. The number of rotatable bonds is 5. The zero-order valence-electron chi connectivity index (χ0n) is 12.8. The maximum Gasteiger partial charge on any atom is 0.271 e. The van der Waals surface area contributed by atoms with Crippen LogP contribution in [0.3, 0.4) is 0 Å². The largest absolute Gasteiger partial charge is 0.475 e. The van der Waals surface area contributed by atoms with E-state index in [4.69, 9.17) is 4.74 Å². The molecule has 2 aromatic rings. The first kappa shape index (κ1) is 15.1. The molecule has 120 valence electrons. The quantitative estimate of drug-likeness (QED) is 0.867. The van der Waals surface area contributed by atoms with Gasteiger partial charge in [0.2, 0.25) is 0 Å². The lowest BCUT2D eigenvalue weighted by atomic mass is 10.2. The first-order valence-corrected chi connectivity index (χ1v) is 7.53. The second kappa shape index (κ2) is 6.99. The molecule has 2 aromatic heterocycles. The van der Waals surface area contributed by atoms with Crippen LogP contribution in [0.4, 0.5) is 5.82 Å². The number of hydrogen-bond acceptors (Lipinski definition) is 7. The molecule has 8 heteroatoms. The summed E-state index contributed by atoms with van der Waals surface area (Å²) in [6.07, 6.45) is 8.58. The van der Waals surface area contributed by atoms with Crippen molar-refractivity contribution in [1.29, 1.82) is 0 Å². The van der Waals surface area contributed by atoms with Gasteiger partial charge in [-0.15, -0.1) is 0 Å². The molecule has 0 radical (unpaired) electrons. The van der Waals surface area contributed by atoms with E-state index in [2.05, 4.69) is 30.2 Å². The Hall–Kier alpha value is -2.77. The number of carbonyl (C=O) groups excluding carboxylic acids is 1. The molecule has 1 N–H and O–H groups in total. The number of ether oxygens (including phenoxy) is 1. The maximum absolute atomic E-state index is 12.1. The van der Waals surface area contributed by atoms with Gasteiger partial charge in [0.15, 0.2) is 5.82 Å². The lowest BCUT2D eigenvalue weighted by Crippen LogP contribution is -2.37. The molecule has 1 fully saturated rings. The third-order valence-corrected chi connectivity index (χ3v) is 3.55. The molecule has 1 aliphatic rings. The Balaban J connectivity index is 1.64. The van der Waals surface area contributed by atoms with Gasteiger partial charge in [-0.1, -0.05) is 0 Å². The van der Waals surface area contributed by atoms with Crippen molar-refractivity contribution in [2.24, 2.45) is 0 Å². The lowest BCUT2D eigenvalue weighted by molar-refractivity contribution is 0.0935. The second-order valence-electron chi connectivity index (χ2n) is 5.11. The molecule has 0 aliphatic carbocycles. The summed E-state index contributed by atoms with van der Waals surface area (Å²) in [6.45, 7) is 3.88. The van der Waals surface area contributed by atoms with Crippen molar-refractivity contribution in [2.45, 2.75) is 19.4 Å².